The van der Waals surface area contributed by atoms with Gasteiger partial charge in [-0.1, -0.05) is 23.7 Å². The molecule has 1 amide bonds. The Kier molecular flexibility index (Phi) is 7.50. The van der Waals surface area contributed by atoms with E-state index in [2.05, 4.69) is 0 Å². The second-order valence-corrected chi connectivity index (χ2v) is 8.51. The molecule has 0 spiro atoms. The van der Waals surface area contributed by atoms with Crippen LogP contribution in [0, 0.1) is 0 Å². The van der Waals surface area contributed by atoms with E-state index in [0.717, 1.165) is 0 Å². The molecule has 3 aromatic rings. The number of halogens is 1. The number of esters is 1. The molecule has 1 aliphatic heterocycles. The third kappa shape index (κ3) is 5.01. The van der Waals surface area contributed by atoms with Crippen LogP contribution < -0.4 is 9.64 Å². The van der Waals surface area contributed by atoms with Crippen molar-refractivity contribution >= 4 is 40.7 Å². The number of carbonyl (C=O) groups is 3. The minimum Gasteiger partial charge on any atom is -0.508 e. The molecule has 190 valence electrons. The third-order valence-corrected chi connectivity index (χ3v) is 6.14. The average Bonchev–Trinajstić information content (AvgIpc) is 3.16. The highest BCUT2D eigenvalue weighted by atomic mass is 35.5. The number of aromatic hydroxyl groups is 1. The summed E-state index contributed by atoms with van der Waals surface area (Å²) in [7, 11) is 0. The minimum absolute atomic E-state index is 0.00745. The summed E-state index contributed by atoms with van der Waals surface area (Å²) < 4.78 is 10.5. The first kappa shape index (κ1) is 25.8. The smallest absolute Gasteiger partial charge is 0.338 e. The molecule has 2 N–H and O–H groups in total. The zero-order chi connectivity index (χ0) is 26.7. The predicted octanol–water partition coefficient (Wildman–Crippen LogP) is 5.25. The Hall–Kier alpha value is -4.30. The summed E-state index contributed by atoms with van der Waals surface area (Å²) in [4.78, 5) is 39.9. The molecule has 0 saturated carbocycles. The van der Waals surface area contributed by atoms with Crippen LogP contribution in [0.5, 0.6) is 11.5 Å². The van der Waals surface area contributed by atoms with Crippen LogP contribution in [0.1, 0.15) is 41.4 Å². The van der Waals surface area contributed by atoms with Gasteiger partial charge < -0.3 is 19.7 Å². The Balaban J connectivity index is 1.88. The van der Waals surface area contributed by atoms with Gasteiger partial charge in [-0.25, -0.2) is 4.79 Å². The summed E-state index contributed by atoms with van der Waals surface area (Å²) in [5.74, 6) is -2.35. The quantitative estimate of drug-likeness (QED) is 0.189. The maximum absolute atomic E-state index is 13.3. The highest BCUT2D eigenvalue weighted by Crippen LogP contribution is 2.43. The van der Waals surface area contributed by atoms with E-state index in [4.69, 9.17) is 21.1 Å². The molecule has 1 unspecified atom stereocenters. The van der Waals surface area contributed by atoms with E-state index >= 15 is 0 Å². The van der Waals surface area contributed by atoms with Crippen LogP contribution in [0.4, 0.5) is 5.69 Å². The number of hydrogen-bond acceptors (Lipinski definition) is 7. The maximum atomic E-state index is 13.3. The van der Waals surface area contributed by atoms with Gasteiger partial charge in [0.15, 0.2) is 0 Å². The fourth-order valence-electron chi connectivity index (χ4n) is 4.13. The Bertz CT molecular complexity index is 1380. The number of nitrogens with zero attached hydrogens (tertiary/aromatic N) is 1. The van der Waals surface area contributed by atoms with Crippen LogP contribution in [0.15, 0.2) is 72.3 Å². The minimum atomic E-state index is -1.04. The summed E-state index contributed by atoms with van der Waals surface area (Å²) in [6.45, 7) is 4.09. The molecular weight excluding hydrogens is 498 g/mol. The number of ketones is 1. The van der Waals surface area contributed by atoms with Crippen LogP contribution in [0.25, 0.3) is 5.76 Å². The van der Waals surface area contributed by atoms with E-state index in [1.54, 1.807) is 32.0 Å². The summed E-state index contributed by atoms with van der Waals surface area (Å²) in [6.07, 6.45) is 0. The molecule has 8 nitrogen and oxygen atoms in total. The predicted molar refractivity (Wildman–Crippen MR) is 138 cm³/mol. The van der Waals surface area contributed by atoms with Gasteiger partial charge in [0.1, 0.15) is 17.3 Å². The molecule has 1 heterocycles. The van der Waals surface area contributed by atoms with Gasteiger partial charge in [-0.15, -0.1) is 0 Å². The van der Waals surface area contributed by atoms with Gasteiger partial charge in [-0.05, 0) is 74.0 Å². The highest BCUT2D eigenvalue weighted by molar-refractivity contribution is 6.52. The van der Waals surface area contributed by atoms with E-state index in [0.29, 0.717) is 23.6 Å². The Morgan fingerprint density at radius 2 is 1.65 bits per heavy atom. The zero-order valence-electron chi connectivity index (χ0n) is 20.1. The first-order valence-electron chi connectivity index (χ1n) is 11.6. The molecule has 0 radical (unpaired) electrons. The van der Waals surface area contributed by atoms with Gasteiger partial charge in [0.2, 0.25) is 0 Å². The number of aliphatic hydroxyl groups excluding tert-OH is 1. The number of ether oxygens (including phenoxy) is 2. The van der Waals surface area contributed by atoms with Gasteiger partial charge in [0.25, 0.3) is 11.7 Å². The molecule has 3 aromatic carbocycles. The molecule has 0 aromatic heterocycles. The highest BCUT2D eigenvalue weighted by Gasteiger charge is 2.47. The van der Waals surface area contributed by atoms with Gasteiger partial charge in [0.05, 0.1) is 35.4 Å². The molecule has 4 rings (SSSR count). The van der Waals surface area contributed by atoms with Crippen molar-refractivity contribution < 1.29 is 34.1 Å². The van der Waals surface area contributed by atoms with Gasteiger partial charge in [-0.3, -0.25) is 14.5 Å². The molecule has 1 aliphatic rings. The second-order valence-electron chi connectivity index (χ2n) is 8.10. The van der Waals surface area contributed by atoms with Crippen LogP contribution in [0.2, 0.25) is 5.02 Å². The maximum Gasteiger partial charge on any atom is 0.338 e. The van der Waals surface area contributed by atoms with Crippen molar-refractivity contribution in [3.05, 3.63) is 94.0 Å². The van der Waals surface area contributed by atoms with Crippen molar-refractivity contribution in [3.63, 3.8) is 0 Å². The first-order chi connectivity index (χ1) is 17.8. The lowest BCUT2D eigenvalue weighted by atomic mass is 9.95. The number of aliphatic hydroxyl groups is 1. The van der Waals surface area contributed by atoms with Gasteiger partial charge in [0, 0.05) is 11.3 Å². The van der Waals surface area contributed by atoms with E-state index in [-0.39, 0.29) is 34.1 Å². The molecular formula is C28H24ClNO7. The summed E-state index contributed by atoms with van der Waals surface area (Å²) in [5, 5.41) is 21.3. The van der Waals surface area contributed by atoms with Crippen LogP contribution in [0.3, 0.4) is 0 Å². The van der Waals surface area contributed by atoms with E-state index in [9.17, 15) is 24.6 Å². The number of hydrogen-bond donors (Lipinski definition) is 2. The third-order valence-electron chi connectivity index (χ3n) is 5.81. The molecule has 9 heteroatoms. The van der Waals surface area contributed by atoms with Crippen molar-refractivity contribution in [2.75, 3.05) is 18.1 Å². The molecule has 0 bridgehead atoms. The number of carbonyl (C=O) groups excluding carboxylic acids is 3. The fraction of sp³-hybridized carbons (Fsp3) is 0.179. The van der Waals surface area contributed by atoms with Crippen molar-refractivity contribution in [1.29, 1.82) is 0 Å². The normalized spacial score (nSPS) is 16.6. The number of amides is 1. The van der Waals surface area contributed by atoms with Crippen molar-refractivity contribution in [2.24, 2.45) is 0 Å². The van der Waals surface area contributed by atoms with Crippen molar-refractivity contribution in [2.45, 2.75) is 19.9 Å². The first-order valence-corrected chi connectivity index (χ1v) is 11.9. The SMILES string of the molecule is CCOC(=O)c1ccc(N2C(=O)C(=O)/C(=C(/O)c3cc(OCC)ccc3Cl)C2c2ccc(O)cc2)cc1. The average molecular weight is 522 g/mol. The van der Waals surface area contributed by atoms with E-state index in [1.165, 1.54) is 53.4 Å². The fourth-order valence-corrected chi connectivity index (χ4v) is 4.34. The second kappa shape index (κ2) is 10.8. The topological polar surface area (TPSA) is 113 Å². The molecule has 1 fully saturated rings. The Morgan fingerprint density at radius 1 is 0.973 bits per heavy atom. The number of rotatable bonds is 7. The van der Waals surface area contributed by atoms with E-state index in [1.807, 2.05) is 0 Å². The number of benzene rings is 3. The zero-order valence-corrected chi connectivity index (χ0v) is 20.9. The van der Waals surface area contributed by atoms with Gasteiger partial charge >= 0.3 is 5.97 Å². The number of phenols is 1. The molecule has 1 atom stereocenters. The van der Waals surface area contributed by atoms with E-state index < -0.39 is 29.5 Å². The van der Waals surface area contributed by atoms with Crippen LogP contribution in [-0.2, 0) is 14.3 Å². The summed E-state index contributed by atoms with van der Waals surface area (Å²) >= 11 is 6.36. The van der Waals surface area contributed by atoms with Crippen molar-refractivity contribution in [1.82, 2.24) is 0 Å². The Labute approximate surface area is 218 Å². The van der Waals surface area contributed by atoms with Crippen molar-refractivity contribution in [3.8, 4) is 11.5 Å². The van der Waals surface area contributed by atoms with Crippen LogP contribution >= 0.6 is 11.6 Å². The summed E-state index contributed by atoms with van der Waals surface area (Å²) in [6, 6.07) is 15.6. The Morgan fingerprint density at radius 3 is 2.27 bits per heavy atom. The summed E-state index contributed by atoms with van der Waals surface area (Å²) in [5.41, 5.74) is 1.02. The molecule has 0 aliphatic carbocycles. The lowest BCUT2D eigenvalue weighted by molar-refractivity contribution is -0.132. The van der Waals surface area contributed by atoms with Crippen LogP contribution in [-0.4, -0.2) is 41.1 Å². The number of Topliss-reactive ketones (excluding diaryl/α,β-unsaturated/α-hetero) is 1. The number of anilines is 1. The number of phenolic OH excluding ortho intramolecular Hbond substituents is 1. The largest absolute Gasteiger partial charge is 0.508 e. The van der Waals surface area contributed by atoms with Gasteiger partial charge in [-0.2, -0.15) is 0 Å². The monoisotopic (exact) mass is 521 g/mol. The lowest BCUT2D eigenvalue weighted by Gasteiger charge is -2.25. The molecule has 1 saturated heterocycles. The molecule has 37 heavy (non-hydrogen) atoms. The standard InChI is InChI=1S/C28H24ClNO7/c1-3-36-20-13-14-22(29)21(15-20)25(32)23-24(16-7-11-19(31)12-8-16)30(27(34)26(23)33)18-9-5-17(6-10-18)28(35)37-4-2/h5-15,24,31-32H,3-4H2,1-2H3/b25-23+. The lowest BCUT2D eigenvalue weighted by Crippen LogP contribution is -2.29.